The molecule has 4 nitrogen and oxygen atoms in total. The van der Waals surface area contributed by atoms with Gasteiger partial charge in [0.05, 0.1) is 0 Å². The van der Waals surface area contributed by atoms with Crippen LogP contribution in [0.2, 0.25) is 0 Å². The van der Waals surface area contributed by atoms with Crippen LogP contribution in [0.25, 0.3) is 0 Å². The minimum absolute atomic E-state index is 0.175. The van der Waals surface area contributed by atoms with Gasteiger partial charge in [0, 0.05) is 31.2 Å². The van der Waals surface area contributed by atoms with Crippen molar-refractivity contribution < 1.29 is 4.79 Å². The molecule has 0 radical (unpaired) electrons. The second kappa shape index (κ2) is 6.06. The van der Waals surface area contributed by atoms with Crippen LogP contribution in [0.15, 0.2) is 24.3 Å². The van der Waals surface area contributed by atoms with Crippen LogP contribution in [-0.2, 0) is 0 Å². The molecule has 2 aliphatic rings. The number of rotatable bonds is 2. The first kappa shape index (κ1) is 14.4. The van der Waals surface area contributed by atoms with Crippen molar-refractivity contribution in [3.63, 3.8) is 0 Å². The van der Waals surface area contributed by atoms with Gasteiger partial charge in [-0.1, -0.05) is 25.1 Å². The third-order valence-electron chi connectivity index (χ3n) is 4.87. The molecular weight excluding hydrogens is 262 g/mol. The molecule has 1 aromatic carbocycles. The first-order valence-electron chi connectivity index (χ1n) is 8.06. The highest BCUT2D eigenvalue weighted by molar-refractivity contribution is 5.94. The van der Waals surface area contributed by atoms with Gasteiger partial charge in [-0.05, 0) is 43.4 Å². The van der Waals surface area contributed by atoms with E-state index in [4.69, 9.17) is 5.73 Å². The molecule has 1 saturated heterocycles. The van der Waals surface area contributed by atoms with Gasteiger partial charge in [-0.3, -0.25) is 4.90 Å². The van der Waals surface area contributed by atoms with Crippen LogP contribution in [0.4, 0.5) is 10.5 Å². The van der Waals surface area contributed by atoms with E-state index in [1.54, 1.807) is 0 Å². The van der Waals surface area contributed by atoms with Crippen LogP contribution in [0.5, 0.6) is 0 Å². The average molecular weight is 287 g/mol. The average Bonchev–Trinajstić information content (AvgIpc) is 2.87. The van der Waals surface area contributed by atoms with Crippen LogP contribution in [0.3, 0.4) is 0 Å². The second-order valence-electron chi connectivity index (χ2n) is 6.40. The van der Waals surface area contributed by atoms with E-state index >= 15 is 0 Å². The van der Waals surface area contributed by atoms with Gasteiger partial charge < -0.3 is 10.6 Å². The van der Waals surface area contributed by atoms with Gasteiger partial charge in [-0.15, -0.1) is 0 Å². The summed E-state index contributed by atoms with van der Waals surface area (Å²) in [5.41, 5.74) is 8.09. The van der Waals surface area contributed by atoms with Gasteiger partial charge in [0.15, 0.2) is 0 Å². The minimum Gasteiger partial charge on any atom is -0.330 e. The molecule has 0 aliphatic carbocycles. The van der Waals surface area contributed by atoms with Crippen molar-refractivity contribution >= 4 is 11.7 Å². The summed E-state index contributed by atoms with van der Waals surface area (Å²) in [6.45, 7) is 5.49. The first-order valence-corrected chi connectivity index (χ1v) is 8.06. The monoisotopic (exact) mass is 287 g/mol. The molecule has 2 amide bonds. The SMILES string of the molecule is CC1CCN(C(=O)N2CC(CCN)c3ccccc32)CC1. The molecule has 0 saturated carbocycles. The van der Waals surface area contributed by atoms with E-state index in [-0.39, 0.29) is 6.03 Å². The van der Waals surface area contributed by atoms with Crippen molar-refractivity contribution in [2.24, 2.45) is 11.7 Å². The smallest absolute Gasteiger partial charge is 0.324 e. The molecular formula is C17H25N3O. The first-order chi connectivity index (χ1) is 10.2. The molecule has 1 fully saturated rings. The number of benzene rings is 1. The van der Waals surface area contributed by atoms with Crippen molar-refractivity contribution in [2.45, 2.75) is 32.1 Å². The van der Waals surface area contributed by atoms with Gasteiger partial charge >= 0.3 is 6.03 Å². The molecule has 2 aliphatic heterocycles. The van der Waals surface area contributed by atoms with Crippen molar-refractivity contribution in [3.8, 4) is 0 Å². The Kier molecular flexibility index (Phi) is 4.15. The van der Waals surface area contributed by atoms with Gasteiger partial charge in [0.1, 0.15) is 0 Å². The molecule has 0 bridgehead atoms. The lowest BCUT2D eigenvalue weighted by Gasteiger charge is -2.33. The fourth-order valence-corrected chi connectivity index (χ4v) is 3.50. The number of fused-ring (bicyclic) bond motifs is 1. The number of nitrogens with zero attached hydrogens (tertiary/aromatic N) is 2. The Labute approximate surface area is 126 Å². The van der Waals surface area contributed by atoms with Crippen LogP contribution >= 0.6 is 0 Å². The van der Waals surface area contributed by atoms with E-state index in [0.29, 0.717) is 12.5 Å². The lowest BCUT2D eigenvalue weighted by molar-refractivity contribution is 0.180. The van der Waals surface area contributed by atoms with E-state index in [0.717, 1.165) is 50.5 Å². The number of likely N-dealkylation sites (tertiary alicyclic amines) is 1. The molecule has 0 spiro atoms. The van der Waals surface area contributed by atoms with Crippen molar-refractivity contribution in [1.82, 2.24) is 4.90 Å². The minimum atomic E-state index is 0.175. The summed E-state index contributed by atoms with van der Waals surface area (Å²) in [7, 11) is 0. The summed E-state index contributed by atoms with van der Waals surface area (Å²) in [6.07, 6.45) is 3.18. The fraction of sp³-hybridized carbons (Fsp3) is 0.588. The van der Waals surface area contributed by atoms with E-state index in [2.05, 4.69) is 25.1 Å². The highest BCUT2D eigenvalue weighted by atomic mass is 16.2. The number of carbonyl (C=O) groups is 1. The maximum atomic E-state index is 12.8. The number of amides is 2. The van der Waals surface area contributed by atoms with Crippen LogP contribution in [0.1, 0.15) is 37.7 Å². The lowest BCUT2D eigenvalue weighted by Crippen LogP contribution is -2.46. The lowest BCUT2D eigenvalue weighted by atomic mass is 9.98. The Bertz CT molecular complexity index is 509. The van der Waals surface area contributed by atoms with Crippen LogP contribution in [-0.4, -0.2) is 37.1 Å². The van der Waals surface area contributed by atoms with E-state index in [1.165, 1.54) is 5.56 Å². The van der Waals surface area contributed by atoms with Crippen molar-refractivity contribution in [3.05, 3.63) is 29.8 Å². The third kappa shape index (κ3) is 2.77. The number of carbonyl (C=O) groups excluding carboxylic acids is 1. The normalized spacial score (nSPS) is 22.5. The molecule has 0 aromatic heterocycles. The third-order valence-corrected chi connectivity index (χ3v) is 4.87. The van der Waals surface area contributed by atoms with Crippen molar-refractivity contribution in [2.75, 3.05) is 31.1 Å². The predicted octanol–water partition coefficient (Wildman–Crippen LogP) is 2.79. The maximum Gasteiger partial charge on any atom is 0.324 e. The number of piperidine rings is 1. The summed E-state index contributed by atoms with van der Waals surface area (Å²) in [4.78, 5) is 16.8. The summed E-state index contributed by atoms with van der Waals surface area (Å²) in [5.74, 6) is 1.13. The zero-order valence-corrected chi connectivity index (χ0v) is 12.8. The zero-order valence-electron chi connectivity index (χ0n) is 12.8. The molecule has 21 heavy (non-hydrogen) atoms. The largest absolute Gasteiger partial charge is 0.330 e. The maximum absolute atomic E-state index is 12.8. The molecule has 2 heterocycles. The Balaban J connectivity index is 1.78. The fourth-order valence-electron chi connectivity index (χ4n) is 3.50. The Hall–Kier alpha value is -1.55. The highest BCUT2D eigenvalue weighted by Gasteiger charge is 2.34. The van der Waals surface area contributed by atoms with Crippen LogP contribution < -0.4 is 10.6 Å². The quantitative estimate of drug-likeness (QED) is 0.909. The number of para-hydroxylation sites is 1. The summed E-state index contributed by atoms with van der Waals surface area (Å²) < 4.78 is 0. The molecule has 1 aromatic rings. The molecule has 114 valence electrons. The molecule has 4 heteroatoms. The summed E-state index contributed by atoms with van der Waals surface area (Å²) in [5, 5.41) is 0. The second-order valence-corrected chi connectivity index (χ2v) is 6.40. The Morgan fingerprint density at radius 3 is 2.71 bits per heavy atom. The highest BCUT2D eigenvalue weighted by Crippen LogP contribution is 2.38. The molecule has 1 unspecified atom stereocenters. The van der Waals surface area contributed by atoms with E-state index in [1.807, 2.05) is 15.9 Å². The van der Waals surface area contributed by atoms with Gasteiger partial charge in [0.2, 0.25) is 0 Å². The number of hydrogen-bond acceptors (Lipinski definition) is 2. The van der Waals surface area contributed by atoms with Gasteiger partial charge in [0.25, 0.3) is 0 Å². The standard InChI is InChI=1S/C17H25N3O/c1-13-7-10-19(11-8-13)17(21)20-12-14(6-9-18)15-4-2-3-5-16(15)20/h2-5,13-14H,6-12,18H2,1H3. The number of hydrogen-bond donors (Lipinski definition) is 1. The number of nitrogens with two attached hydrogens (primary N) is 1. The predicted molar refractivity (Wildman–Crippen MR) is 85.6 cm³/mol. The Morgan fingerprint density at radius 2 is 2.00 bits per heavy atom. The van der Waals surface area contributed by atoms with Gasteiger partial charge in [-0.2, -0.15) is 0 Å². The molecule has 3 rings (SSSR count). The van der Waals surface area contributed by atoms with E-state index < -0.39 is 0 Å². The van der Waals surface area contributed by atoms with E-state index in [9.17, 15) is 4.79 Å². The summed E-state index contributed by atoms with van der Waals surface area (Å²) >= 11 is 0. The van der Waals surface area contributed by atoms with Gasteiger partial charge in [-0.25, -0.2) is 4.79 Å². The number of anilines is 1. The van der Waals surface area contributed by atoms with Crippen molar-refractivity contribution in [1.29, 1.82) is 0 Å². The number of urea groups is 1. The molecule has 1 atom stereocenters. The molecule has 2 N–H and O–H groups in total. The van der Waals surface area contributed by atoms with Crippen LogP contribution in [0, 0.1) is 5.92 Å². The Morgan fingerprint density at radius 1 is 1.29 bits per heavy atom. The topological polar surface area (TPSA) is 49.6 Å². The summed E-state index contributed by atoms with van der Waals surface area (Å²) in [6, 6.07) is 8.45. The zero-order chi connectivity index (χ0) is 14.8.